The Morgan fingerprint density at radius 3 is 2.89 bits per heavy atom. The van der Waals surface area contributed by atoms with E-state index in [1.54, 1.807) is 41.8 Å². The van der Waals surface area contributed by atoms with Gasteiger partial charge >= 0.3 is 5.97 Å². The quantitative estimate of drug-likeness (QED) is 0.655. The Bertz CT molecular complexity index is 590. The van der Waals surface area contributed by atoms with Gasteiger partial charge in [-0.05, 0) is 37.3 Å². The van der Waals surface area contributed by atoms with Gasteiger partial charge in [0, 0.05) is 9.75 Å². The van der Waals surface area contributed by atoms with Gasteiger partial charge in [0.1, 0.15) is 0 Å². The maximum absolute atomic E-state index is 10.8. The second-order valence-corrected chi connectivity index (χ2v) is 5.02. The molecule has 0 atom stereocenters. The van der Waals surface area contributed by atoms with Crippen LogP contribution in [-0.4, -0.2) is 17.3 Å². The molecule has 0 unspecified atom stereocenters. The van der Waals surface area contributed by atoms with Crippen molar-refractivity contribution in [2.45, 2.75) is 6.92 Å². The molecule has 0 aliphatic carbocycles. The Balaban J connectivity index is 2.04. The SMILES string of the molecule is Cc1ccc(/C=N\Nc2cccc(C(=O)O)c2)s1. The largest absolute Gasteiger partial charge is 0.478 e. The summed E-state index contributed by atoms with van der Waals surface area (Å²) in [7, 11) is 0. The van der Waals surface area contributed by atoms with Crippen LogP contribution in [0.2, 0.25) is 0 Å². The molecule has 2 aromatic rings. The molecular formula is C13H12N2O2S. The molecule has 0 saturated heterocycles. The lowest BCUT2D eigenvalue weighted by atomic mass is 10.2. The molecule has 2 N–H and O–H groups in total. The summed E-state index contributed by atoms with van der Waals surface area (Å²) < 4.78 is 0. The number of hydrazone groups is 1. The number of nitrogens with zero attached hydrogens (tertiary/aromatic N) is 1. The number of hydrogen-bond acceptors (Lipinski definition) is 4. The molecule has 0 spiro atoms. The van der Waals surface area contributed by atoms with Crippen molar-refractivity contribution < 1.29 is 9.90 Å². The molecule has 4 nitrogen and oxygen atoms in total. The molecule has 0 amide bonds. The van der Waals surface area contributed by atoms with Gasteiger partial charge in [0.25, 0.3) is 0 Å². The van der Waals surface area contributed by atoms with Gasteiger partial charge in [-0.25, -0.2) is 4.79 Å². The Kier molecular flexibility index (Phi) is 3.74. The van der Waals surface area contributed by atoms with Crippen LogP contribution >= 0.6 is 11.3 Å². The van der Waals surface area contributed by atoms with E-state index in [0.717, 1.165) is 4.88 Å². The number of carbonyl (C=O) groups is 1. The molecule has 92 valence electrons. The molecular weight excluding hydrogens is 248 g/mol. The zero-order valence-electron chi connectivity index (χ0n) is 9.75. The normalized spacial score (nSPS) is 10.7. The number of carboxylic acid groups (broad SMARTS) is 1. The first-order valence-corrected chi connectivity index (χ1v) is 6.16. The number of aryl methyl sites for hydroxylation is 1. The monoisotopic (exact) mass is 260 g/mol. The minimum Gasteiger partial charge on any atom is -0.478 e. The number of thiophene rings is 1. The highest BCUT2D eigenvalue weighted by Gasteiger charge is 2.01. The van der Waals surface area contributed by atoms with Crippen molar-refractivity contribution in [1.29, 1.82) is 0 Å². The van der Waals surface area contributed by atoms with E-state index in [1.165, 1.54) is 4.88 Å². The van der Waals surface area contributed by atoms with E-state index in [4.69, 9.17) is 5.11 Å². The lowest BCUT2D eigenvalue weighted by Gasteiger charge is -2.00. The number of benzene rings is 1. The smallest absolute Gasteiger partial charge is 0.335 e. The summed E-state index contributed by atoms with van der Waals surface area (Å²) in [5.41, 5.74) is 3.70. The van der Waals surface area contributed by atoms with Gasteiger partial charge in [-0.1, -0.05) is 6.07 Å². The molecule has 0 saturated carbocycles. The highest BCUT2D eigenvalue weighted by molar-refractivity contribution is 7.13. The topological polar surface area (TPSA) is 61.7 Å². The van der Waals surface area contributed by atoms with Crippen molar-refractivity contribution in [3.63, 3.8) is 0 Å². The van der Waals surface area contributed by atoms with E-state index in [1.807, 2.05) is 19.1 Å². The van der Waals surface area contributed by atoms with Crippen LogP contribution < -0.4 is 5.43 Å². The Hall–Kier alpha value is -2.14. The first-order chi connectivity index (χ1) is 8.65. The highest BCUT2D eigenvalue weighted by atomic mass is 32.1. The third-order valence-corrected chi connectivity index (χ3v) is 3.19. The van der Waals surface area contributed by atoms with Crippen LogP contribution in [-0.2, 0) is 0 Å². The van der Waals surface area contributed by atoms with E-state index < -0.39 is 5.97 Å². The Morgan fingerprint density at radius 1 is 1.39 bits per heavy atom. The van der Waals surface area contributed by atoms with E-state index >= 15 is 0 Å². The van der Waals surface area contributed by atoms with Crippen LogP contribution in [0, 0.1) is 6.92 Å². The molecule has 0 fully saturated rings. The Morgan fingerprint density at radius 2 is 2.22 bits per heavy atom. The second kappa shape index (κ2) is 5.46. The minimum absolute atomic E-state index is 0.238. The zero-order chi connectivity index (χ0) is 13.0. The molecule has 5 heteroatoms. The number of hydrogen-bond donors (Lipinski definition) is 2. The Labute approximate surface area is 109 Å². The van der Waals surface area contributed by atoms with E-state index in [9.17, 15) is 4.79 Å². The van der Waals surface area contributed by atoms with Gasteiger partial charge in [-0.2, -0.15) is 5.10 Å². The van der Waals surface area contributed by atoms with Crippen molar-refractivity contribution in [2.75, 3.05) is 5.43 Å². The molecule has 2 rings (SSSR count). The molecule has 1 heterocycles. The third-order valence-electron chi connectivity index (χ3n) is 2.26. The van der Waals surface area contributed by atoms with E-state index in [-0.39, 0.29) is 5.56 Å². The van der Waals surface area contributed by atoms with Gasteiger partial charge in [0.15, 0.2) is 0 Å². The van der Waals surface area contributed by atoms with E-state index in [2.05, 4.69) is 10.5 Å². The first-order valence-electron chi connectivity index (χ1n) is 5.34. The predicted octanol–water partition coefficient (Wildman–Crippen LogP) is 3.20. The van der Waals surface area contributed by atoms with Gasteiger partial charge in [-0.3, -0.25) is 5.43 Å². The molecule has 0 radical (unpaired) electrons. The van der Waals surface area contributed by atoms with Crippen molar-refractivity contribution in [1.82, 2.24) is 0 Å². The van der Waals surface area contributed by atoms with Crippen LogP contribution in [0.5, 0.6) is 0 Å². The molecule has 0 aliphatic heterocycles. The lowest BCUT2D eigenvalue weighted by molar-refractivity contribution is 0.0697. The minimum atomic E-state index is -0.948. The number of nitrogens with one attached hydrogen (secondary N) is 1. The maximum Gasteiger partial charge on any atom is 0.335 e. The van der Waals surface area contributed by atoms with E-state index in [0.29, 0.717) is 5.69 Å². The first kappa shape index (κ1) is 12.3. The van der Waals surface area contributed by atoms with Crippen LogP contribution in [0.15, 0.2) is 41.5 Å². The van der Waals surface area contributed by atoms with Crippen LogP contribution in [0.4, 0.5) is 5.69 Å². The highest BCUT2D eigenvalue weighted by Crippen LogP contribution is 2.13. The fourth-order valence-electron chi connectivity index (χ4n) is 1.42. The number of carboxylic acids is 1. The summed E-state index contributed by atoms with van der Waals surface area (Å²) in [5.74, 6) is -0.948. The van der Waals surface area contributed by atoms with Crippen molar-refractivity contribution in [3.05, 3.63) is 51.7 Å². The summed E-state index contributed by atoms with van der Waals surface area (Å²) in [5, 5.41) is 12.9. The fraction of sp³-hybridized carbons (Fsp3) is 0.0769. The summed E-state index contributed by atoms with van der Waals surface area (Å²) in [6.45, 7) is 2.03. The van der Waals surface area contributed by atoms with Crippen molar-refractivity contribution >= 4 is 29.2 Å². The molecule has 0 aliphatic rings. The van der Waals surface area contributed by atoms with Crippen LogP contribution in [0.25, 0.3) is 0 Å². The summed E-state index contributed by atoms with van der Waals surface area (Å²) in [6.07, 6.45) is 1.71. The average Bonchev–Trinajstić information content (AvgIpc) is 2.75. The summed E-state index contributed by atoms with van der Waals surface area (Å²) in [4.78, 5) is 13.1. The van der Waals surface area contributed by atoms with Crippen molar-refractivity contribution in [2.24, 2.45) is 5.10 Å². The number of aromatic carboxylic acids is 1. The van der Waals surface area contributed by atoms with Gasteiger partial charge in [0.05, 0.1) is 17.5 Å². The third kappa shape index (κ3) is 3.18. The average molecular weight is 260 g/mol. The fourth-order valence-corrected chi connectivity index (χ4v) is 2.16. The van der Waals surface area contributed by atoms with Crippen molar-refractivity contribution in [3.8, 4) is 0 Å². The number of anilines is 1. The molecule has 18 heavy (non-hydrogen) atoms. The molecule has 0 bridgehead atoms. The van der Waals surface area contributed by atoms with Crippen LogP contribution in [0.1, 0.15) is 20.1 Å². The molecule has 1 aromatic heterocycles. The van der Waals surface area contributed by atoms with Crippen LogP contribution in [0.3, 0.4) is 0 Å². The number of rotatable bonds is 4. The summed E-state index contributed by atoms with van der Waals surface area (Å²) in [6, 6.07) is 10.5. The predicted molar refractivity (Wildman–Crippen MR) is 73.7 cm³/mol. The standard InChI is InChI=1S/C13H12N2O2S/c1-9-5-6-12(18-9)8-14-15-11-4-2-3-10(7-11)13(16)17/h2-8,15H,1H3,(H,16,17)/b14-8-. The summed E-state index contributed by atoms with van der Waals surface area (Å²) >= 11 is 1.65. The van der Waals surface area contributed by atoms with Gasteiger partial charge in [0.2, 0.25) is 0 Å². The zero-order valence-corrected chi connectivity index (χ0v) is 10.6. The molecule has 1 aromatic carbocycles. The van der Waals surface area contributed by atoms with Gasteiger partial charge < -0.3 is 5.11 Å². The second-order valence-electron chi connectivity index (χ2n) is 3.70. The van der Waals surface area contributed by atoms with Gasteiger partial charge in [-0.15, -0.1) is 11.3 Å². The lowest BCUT2D eigenvalue weighted by Crippen LogP contribution is -1.97. The maximum atomic E-state index is 10.8.